The van der Waals surface area contributed by atoms with E-state index in [1.165, 1.54) is 19.3 Å². The lowest BCUT2D eigenvalue weighted by Gasteiger charge is -2.21. The first-order valence-corrected chi connectivity index (χ1v) is 6.33. The second kappa shape index (κ2) is 6.35. The van der Waals surface area contributed by atoms with Gasteiger partial charge in [-0.2, -0.15) is 5.26 Å². The monoisotopic (exact) mass is 228 g/mol. The second-order valence-corrected chi connectivity index (χ2v) is 5.36. The molecule has 2 unspecified atom stereocenters. The fourth-order valence-corrected chi connectivity index (χ4v) is 2.49. The van der Waals surface area contributed by atoms with Gasteiger partial charge in [-0.05, 0) is 44.2 Å². The summed E-state index contributed by atoms with van der Waals surface area (Å²) in [6, 6.07) is 2.09. The number of halogens is 1. The molecule has 86 valence electrons. The maximum absolute atomic E-state index is 8.67. The van der Waals surface area contributed by atoms with E-state index in [0.29, 0.717) is 0 Å². The van der Waals surface area contributed by atoms with Gasteiger partial charge in [-0.25, -0.2) is 0 Å². The molecule has 1 saturated heterocycles. The molecule has 0 saturated carbocycles. The first kappa shape index (κ1) is 12.8. The molecule has 0 N–H and O–H groups in total. The molecule has 0 aromatic heterocycles. The van der Waals surface area contributed by atoms with Crippen molar-refractivity contribution >= 4 is 11.6 Å². The second-order valence-electron chi connectivity index (χ2n) is 4.83. The van der Waals surface area contributed by atoms with Gasteiger partial charge in [0, 0.05) is 6.54 Å². The topological polar surface area (TPSA) is 27.0 Å². The zero-order chi connectivity index (χ0) is 11.3. The molecule has 0 aromatic carbocycles. The Hall–Kier alpha value is -0.260. The van der Waals surface area contributed by atoms with Gasteiger partial charge in [0.2, 0.25) is 0 Å². The third-order valence-electron chi connectivity index (χ3n) is 3.37. The van der Waals surface area contributed by atoms with E-state index in [0.717, 1.165) is 31.5 Å². The van der Waals surface area contributed by atoms with Crippen molar-refractivity contribution in [1.29, 1.82) is 5.26 Å². The van der Waals surface area contributed by atoms with Crippen LogP contribution in [0, 0.1) is 23.2 Å². The quantitative estimate of drug-likeness (QED) is 0.695. The molecule has 0 amide bonds. The molecule has 1 fully saturated rings. The van der Waals surface area contributed by atoms with Gasteiger partial charge < -0.3 is 4.90 Å². The van der Waals surface area contributed by atoms with Crippen molar-refractivity contribution in [3.8, 4) is 6.07 Å². The van der Waals surface area contributed by atoms with Gasteiger partial charge in [-0.1, -0.05) is 13.8 Å². The molecule has 2 atom stereocenters. The highest BCUT2D eigenvalue weighted by Crippen LogP contribution is 2.24. The van der Waals surface area contributed by atoms with Gasteiger partial charge in [-0.3, -0.25) is 0 Å². The lowest BCUT2D eigenvalue weighted by atomic mass is 9.89. The summed E-state index contributed by atoms with van der Waals surface area (Å²) in [6.07, 6.45) is 3.83. The molecule has 3 heteroatoms. The summed E-state index contributed by atoms with van der Waals surface area (Å²) >= 11 is 5.85. The van der Waals surface area contributed by atoms with Gasteiger partial charge in [0.25, 0.3) is 0 Å². The van der Waals surface area contributed by atoms with Crippen LogP contribution in [0.2, 0.25) is 0 Å². The van der Waals surface area contributed by atoms with Gasteiger partial charge in [0.15, 0.2) is 0 Å². The highest BCUT2D eigenvalue weighted by molar-refractivity contribution is 6.22. The fourth-order valence-electron chi connectivity index (χ4n) is 2.30. The van der Waals surface area contributed by atoms with Crippen LogP contribution in [0.1, 0.15) is 33.1 Å². The normalized spacial score (nSPS) is 25.9. The summed E-state index contributed by atoms with van der Waals surface area (Å²) in [6.45, 7) is 7.55. The Balaban J connectivity index is 2.36. The standard InChI is InChI=1S/C12H21ClN2/c1-10(2)11-4-3-6-15(7-5-11)9-12(13)8-14/h10-12H,3-7,9H2,1-2H3. The van der Waals surface area contributed by atoms with Gasteiger partial charge in [0.1, 0.15) is 5.38 Å². The molecule has 2 nitrogen and oxygen atoms in total. The Labute approximate surface area is 98.2 Å². The van der Waals surface area contributed by atoms with Crippen LogP contribution in [0.4, 0.5) is 0 Å². The molecule has 1 rings (SSSR count). The van der Waals surface area contributed by atoms with Crippen molar-refractivity contribution < 1.29 is 0 Å². The van der Waals surface area contributed by atoms with E-state index in [9.17, 15) is 0 Å². The molecule has 0 aromatic rings. The Morgan fingerprint density at radius 3 is 2.73 bits per heavy atom. The Morgan fingerprint density at radius 1 is 1.40 bits per heavy atom. The van der Waals surface area contributed by atoms with E-state index in [1.807, 2.05) is 0 Å². The summed E-state index contributed by atoms with van der Waals surface area (Å²) in [5.41, 5.74) is 0. The number of hydrogen-bond donors (Lipinski definition) is 0. The van der Waals surface area contributed by atoms with Gasteiger partial charge in [0.05, 0.1) is 6.07 Å². The van der Waals surface area contributed by atoms with Crippen molar-refractivity contribution in [1.82, 2.24) is 4.90 Å². The SMILES string of the molecule is CC(C)C1CCCN(CC(Cl)C#N)CC1. The number of alkyl halides is 1. The van der Waals surface area contributed by atoms with Crippen LogP contribution in [0.3, 0.4) is 0 Å². The Kier molecular flexibility index (Phi) is 5.42. The minimum absolute atomic E-state index is 0.347. The van der Waals surface area contributed by atoms with Crippen molar-refractivity contribution in [2.75, 3.05) is 19.6 Å². The largest absolute Gasteiger partial charge is 0.301 e. The third kappa shape index (κ3) is 4.40. The highest BCUT2D eigenvalue weighted by Gasteiger charge is 2.20. The molecule has 15 heavy (non-hydrogen) atoms. The summed E-state index contributed by atoms with van der Waals surface area (Å²) in [5, 5.41) is 8.32. The third-order valence-corrected chi connectivity index (χ3v) is 3.60. The molecular weight excluding hydrogens is 208 g/mol. The minimum atomic E-state index is -0.347. The average molecular weight is 229 g/mol. The predicted octanol–water partition coefficient (Wildman–Crippen LogP) is 2.88. The molecule has 0 radical (unpaired) electrons. The fraction of sp³-hybridized carbons (Fsp3) is 0.917. The molecule has 0 spiro atoms. The van der Waals surface area contributed by atoms with Crippen LogP contribution in [-0.4, -0.2) is 29.9 Å². The number of nitrogens with zero attached hydrogens (tertiary/aromatic N) is 2. The van der Waals surface area contributed by atoms with Gasteiger partial charge >= 0.3 is 0 Å². The maximum Gasteiger partial charge on any atom is 0.133 e. The number of rotatable bonds is 3. The zero-order valence-electron chi connectivity index (χ0n) is 9.75. The van der Waals surface area contributed by atoms with Crippen molar-refractivity contribution in [3.05, 3.63) is 0 Å². The van der Waals surface area contributed by atoms with Crippen molar-refractivity contribution in [2.24, 2.45) is 11.8 Å². The van der Waals surface area contributed by atoms with E-state index in [-0.39, 0.29) is 5.38 Å². The molecule has 1 heterocycles. The molecule has 1 aliphatic heterocycles. The van der Waals surface area contributed by atoms with E-state index in [1.54, 1.807) is 0 Å². The van der Waals surface area contributed by atoms with Crippen LogP contribution in [-0.2, 0) is 0 Å². The minimum Gasteiger partial charge on any atom is -0.301 e. The Bertz CT molecular complexity index is 222. The van der Waals surface area contributed by atoms with Crippen LogP contribution in [0.25, 0.3) is 0 Å². The van der Waals surface area contributed by atoms with E-state index in [2.05, 4.69) is 24.8 Å². The molecule has 1 aliphatic rings. The Morgan fingerprint density at radius 2 is 2.13 bits per heavy atom. The lowest BCUT2D eigenvalue weighted by Crippen LogP contribution is -2.30. The number of hydrogen-bond acceptors (Lipinski definition) is 2. The van der Waals surface area contributed by atoms with Crippen molar-refractivity contribution in [3.63, 3.8) is 0 Å². The van der Waals surface area contributed by atoms with Crippen LogP contribution in [0.5, 0.6) is 0 Å². The maximum atomic E-state index is 8.67. The first-order valence-electron chi connectivity index (χ1n) is 5.89. The smallest absolute Gasteiger partial charge is 0.133 e. The lowest BCUT2D eigenvalue weighted by molar-refractivity contribution is 0.279. The predicted molar refractivity (Wildman–Crippen MR) is 63.9 cm³/mol. The van der Waals surface area contributed by atoms with E-state index >= 15 is 0 Å². The van der Waals surface area contributed by atoms with Crippen LogP contribution in [0.15, 0.2) is 0 Å². The molecule has 0 aliphatic carbocycles. The first-order chi connectivity index (χ1) is 7.13. The number of nitriles is 1. The highest BCUT2D eigenvalue weighted by atomic mass is 35.5. The number of likely N-dealkylation sites (tertiary alicyclic amines) is 1. The summed E-state index contributed by atoms with van der Waals surface area (Å²) in [4.78, 5) is 2.34. The van der Waals surface area contributed by atoms with Crippen molar-refractivity contribution in [2.45, 2.75) is 38.5 Å². The zero-order valence-corrected chi connectivity index (χ0v) is 10.5. The summed E-state index contributed by atoms with van der Waals surface area (Å²) < 4.78 is 0. The van der Waals surface area contributed by atoms with E-state index in [4.69, 9.17) is 16.9 Å². The average Bonchev–Trinajstić information content (AvgIpc) is 2.43. The van der Waals surface area contributed by atoms with Crippen LogP contribution >= 0.6 is 11.6 Å². The van der Waals surface area contributed by atoms with E-state index < -0.39 is 0 Å². The summed E-state index contributed by atoms with van der Waals surface area (Å²) in [7, 11) is 0. The van der Waals surface area contributed by atoms with Crippen LogP contribution < -0.4 is 0 Å². The molecular formula is C12H21ClN2. The summed E-state index contributed by atoms with van der Waals surface area (Å²) in [5.74, 6) is 1.64. The van der Waals surface area contributed by atoms with Gasteiger partial charge in [-0.15, -0.1) is 11.6 Å². The molecule has 0 bridgehead atoms.